The highest BCUT2D eigenvalue weighted by Gasteiger charge is 2.19. The van der Waals surface area contributed by atoms with E-state index in [2.05, 4.69) is 26.1 Å². The zero-order valence-electron chi connectivity index (χ0n) is 14.0. The summed E-state index contributed by atoms with van der Waals surface area (Å²) in [6.07, 6.45) is 8.23. The molecule has 2 aliphatic heterocycles. The summed E-state index contributed by atoms with van der Waals surface area (Å²) in [5, 5.41) is 13.9. The first kappa shape index (κ1) is 16.2. The fraction of sp³-hybridized carbons (Fsp3) is 0.500. The maximum atomic E-state index is 9.85. The van der Waals surface area contributed by atoms with Crippen molar-refractivity contribution in [2.24, 2.45) is 5.92 Å². The molecule has 1 N–H and O–H groups in total. The highest BCUT2D eigenvalue weighted by Crippen LogP contribution is 2.24. The molecule has 2 unspecified atom stereocenters. The van der Waals surface area contributed by atoms with Crippen molar-refractivity contribution in [1.82, 2.24) is 15.1 Å². The Kier molecular flexibility index (Phi) is 4.76. The van der Waals surface area contributed by atoms with Gasteiger partial charge in [0.25, 0.3) is 5.89 Å². The third-order valence-electron chi connectivity index (χ3n) is 4.64. The molecule has 132 valence electrons. The number of nitrogens with zero attached hydrogens (tertiary/aromatic N) is 4. The number of hydrogen-bond donors (Lipinski definition) is 1. The molecule has 4 heterocycles. The first-order chi connectivity index (χ1) is 12.3. The number of aliphatic hydroxyl groups is 1. The fourth-order valence-electron chi connectivity index (χ4n) is 3.24. The van der Waals surface area contributed by atoms with E-state index in [1.807, 2.05) is 18.2 Å². The second-order valence-corrected chi connectivity index (χ2v) is 6.58. The second kappa shape index (κ2) is 7.33. The molecule has 2 atom stereocenters. The summed E-state index contributed by atoms with van der Waals surface area (Å²) in [5.74, 6) is 2.30. The Hall–Kier alpha value is -2.25. The highest BCUT2D eigenvalue weighted by molar-refractivity contribution is 5.60. The van der Waals surface area contributed by atoms with Crippen molar-refractivity contribution >= 4 is 11.9 Å². The molecule has 0 bridgehead atoms. The summed E-state index contributed by atoms with van der Waals surface area (Å²) in [6.45, 7) is 3.08. The average Bonchev–Trinajstić information content (AvgIpc) is 3.32. The molecule has 4 rings (SSSR count). The van der Waals surface area contributed by atoms with Crippen LogP contribution in [0.15, 0.2) is 28.9 Å². The molecule has 2 aromatic heterocycles. The summed E-state index contributed by atoms with van der Waals surface area (Å²) in [6, 6.07) is 3.81. The summed E-state index contributed by atoms with van der Waals surface area (Å²) in [5.41, 5.74) is 0.859. The van der Waals surface area contributed by atoms with Gasteiger partial charge < -0.3 is 19.3 Å². The lowest BCUT2D eigenvalue weighted by molar-refractivity contribution is 0.154. The van der Waals surface area contributed by atoms with E-state index in [1.54, 1.807) is 6.20 Å². The number of ether oxygens (including phenoxy) is 1. The lowest BCUT2D eigenvalue weighted by Crippen LogP contribution is -2.38. The summed E-state index contributed by atoms with van der Waals surface area (Å²) < 4.78 is 10.7. The Balaban J connectivity index is 1.49. The van der Waals surface area contributed by atoms with Crippen molar-refractivity contribution in [3.63, 3.8) is 0 Å². The van der Waals surface area contributed by atoms with Gasteiger partial charge in [-0.1, -0.05) is 11.2 Å². The average molecular weight is 342 g/mol. The van der Waals surface area contributed by atoms with Crippen LogP contribution >= 0.6 is 0 Å². The monoisotopic (exact) mass is 342 g/mol. The molecular formula is C18H22N4O3. The molecular weight excluding hydrogens is 320 g/mol. The van der Waals surface area contributed by atoms with Crippen LogP contribution in [0.3, 0.4) is 0 Å². The van der Waals surface area contributed by atoms with Gasteiger partial charge in [0, 0.05) is 37.4 Å². The fourth-order valence-corrected chi connectivity index (χ4v) is 3.24. The number of aromatic nitrogens is 3. The van der Waals surface area contributed by atoms with Gasteiger partial charge in [0.15, 0.2) is 0 Å². The lowest BCUT2D eigenvalue weighted by Gasteiger charge is -2.31. The van der Waals surface area contributed by atoms with Crippen molar-refractivity contribution in [3.8, 4) is 11.4 Å². The lowest BCUT2D eigenvalue weighted by atomic mass is 10.1. The van der Waals surface area contributed by atoms with E-state index in [4.69, 9.17) is 9.26 Å². The van der Waals surface area contributed by atoms with Crippen molar-refractivity contribution in [3.05, 3.63) is 30.3 Å². The van der Waals surface area contributed by atoms with Gasteiger partial charge in [0.05, 0.1) is 12.7 Å². The number of piperidine rings is 1. The van der Waals surface area contributed by atoms with Gasteiger partial charge in [-0.3, -0.25) is 0 Å². The SMILES string of the molecule is OC1CCCN(c2cc(-c3noc(/C=C/C4CCOC4)n3)ccn2)C1. The van der Waals surface area contributed by atoms with E-state index in [0.29, 0.717) is 24.2 Å². The van der Waals surface area contributed by atoms with Gasteiger partial charge in [-0.25, -0.2) is 4.98 Å². The molecule has 25 heavy (non-hydrogen) atoms. The van der Waals surface area contributed by atoms with Crippen molar-refractivity contribution in [1.29, 1.82) is 0 Å². The van der Waals surface area contributed by atoms with E-state index in [9.17, 15) is 5.11 Å². The summed E-state index contributed by atoms with van der Waals surface area (Å²) >= 11 is 0. The van der Waals surface area contributed by atoms with Crippen molar-refractivity contribution in [2.45, 2.75) is 25.4 Å². The molecule has 0 aliphatic carbocycles. The molecule has 0 amide bonds. The maximum absolute atomic E-state index is 9.85. The van der Waals surface area contributed by atoms with Crippen LogP contribution in [-0.4, -0.2) is 52.6 Å². The molecule has 0 radical (unpaired) electrons. The molecule has 0 spiro atoms. The van der Waals surface area contributed by atoms with Crippen molar-refractivity contribution in [2.75, 3.05) is 31.2 Å². The Morgan fingerprint density at radius 1 is 1.32 bits per heavy atom. The Labute approximate surface area is 146 Å². The zero-order chi connectivity index (χ0) is 17.1. The smallest absolute Gasteiger partial charge is 0.250 e. The largest absolute Gasteiger partial charge is 0.391 e. The normalized spacial score (nSPS) is 24.3. The zero-order valence-corrected chi connectivity index (χ0v) is 14.0. The molecule has 2 aromatic rings. The molecule has 0 aromatic carbocycles. The standard InChI is InChI=1S/C18H22N4O3/c23-15-2-1-8-22(11-15)16-10-14(5-7-19-16)18-20-17(25-21-18)4-3-13-6-9-24-12-13/h3-5,7,10,13,15,23H,1-2,6,8-9,11-12H2/b4-3+. The van der Waals surface area contributed by atoms with Gasteiger partial charge in [-0.2, -0.15) is 4.98 Å². The van der Waals surface area contributed by atoms with Gasteiger partial charge in [0.2, 0.25) is 5.82 Å². The predicted octanol–water partition coefficient (Wildman–Crippen LogP) is 2.14. The third kappa shape index (κ3) is 3.88. The highest BCUT2D eigenvalue weighted by atomic mass is 16.5. The number of anilines is 1. The molecule has 2 saturated heterocycles. The van der Waals surface area contributed by atoms with Gasteiger partial charge in [0.1, 0.15) is 5.82 Å². The van der Waals surface area contributed by atoms with Crippen LogP contribution in [0.25, 0.3) is 17.5 Å². The van der Waals surface area contributed by atoms with Crippen molar-refractivity contribution < 1.29 is 14.4 Å². The van der Waals surface area contributed by atoms with E-state index >= 15 is 0 Å². The van der Waals surface area contributed by atoms with Crippen LogP contribution in [0.1, 0.15) is 25.2 Å². The van der Waals surface area contributed by atoms with E-state index in [-0.39, 0.29) is 6.10 Å². The Bertz CT molecular complexity index is 739. The summed E-state index contributed by atoms with van der Waals surface area (Å²) in [7, 11) is 0. The van der Waals surface area contributed by atoms with Gasteiger partial charge >= 0.3 is 0 Å². The van der Waals surface area contributed by atoms with E-state index in [0.717, 1.165) is 50.4 Å². The van der Waals surface area contributed by atoms with E-state index in [1.165, 1.54) is 0 Å². The van der Waals surface area contributed by atoms with Gasteiger partial charge in [-0.05, 0) is 37.5 Å². The van der Waals surface area contributed by atoms with Crippen LogP contribution in [0, 0.1) is 5.92 Å². The molecule has 2 aliphatic rings. The second-order valence-electron chi connectivity index (χ2n) is 6.58. The molecule has 2 fully saturated rings. The first-order valence-electron chi connectivity index (χ1n) is 8.77. The third-order valence-corrected chi connectivity index (χ3v) is 4.64. The summed E-state index contributed by atoms with van der Waals surface area (Å²) in [4.78, 5) is 11.0. The van der Waals surface area contributed by atoms with Crippen LogP contribution < -0.4 is 4.90 Å². The number of hydrogen-bond acceptors (Lipinski definition) is 7. The predicted molar refractivity (Wildman–Crippen MR) is 92.9 cm³/mol. The number of β-amino-alcohol motifs (C(OH)–C–C–N with tert-alkyl or cyclic N) is 1. The number of rotatable bonds is 4. The van der Waals surface area contributed by atoms with Crippen LogP contribution in [0.5, 0.6) is 0 Å². The minimum atomic E-state index is -0.291. The Morgan fingerprint density at radius 2 is 2.28 bits per heavy atom. The minimum absolute atomic E-state index is 0.291. The van der Waals surface area contributed by atoms with E-state index < -0.39 is 0 Å². The molecule has 0 saturated carbocycles. The number of pyridine rings is 1. The topological polar surface area (TPSA) is 84.5 Å². The Morgan fingerprint density at radius 3 is 3.12 bits per heavy atom. The molecule has 7 nitrogen and oxygen atoms in total. The minimum Gasteiger partial charge on any atom is -0.391 e. The van der Waals surface area contributed by atoms with Crippen LogP contribution in [0.2, 0.25) is 0 Å². The maximum Gasteiger partial charge on any atom is 0.250 e. The van der Waals surface area contributed by atoms with Crippen LogP contribution in [0.4, 0.5) is 5.82 Å². The van der Waals surface area contributed by atoms with Crippen LogP contribution in [-0.2, 0) is 4.74 Å². The number of aliphatic hydroxyl groups excluding tert-OH is 1. The van der Waals surface area contributed by atoms with Gasteiger partial charge in [-0.15, -0.1) is 0 Å². The quantitative estimate of drug-likeness (QED) is 0.911. The first-order valence-corrected chi connectivity index (χ1v) is 8.77. The molecule has 7 heteroatoms.